The van der Waals surface area contributed by atoms with Crippen LogP contribution in [-0.2, 0) is 0 Å². The highest BCUT2D eigenvalue weighted by atomic mass is 16.3. The van der Waals surface area contributed by atoms with Crippen LogP contribution in [-0.4, -0.2) is 29.0 Å². The van der Waals surface area contributed by atoms with Crippen LogP contribution in [0.25, 0.3) is 0 Å². The Morgan fingerprint density at radius 3 is 2.00 bits per heavy atom. The van der Waals surface area contributed by atoms with E-state index in [-0.39, 0.29) is 5.92 Å². The maximum Gasteiger partial charge on any atom is 0.0802 e. The Hall–Kier alpha value is -0.120. The lowest BCUT2D eigenvalue weighted by Gasteiger charge is -2.21. The summed E-state index contributed by atoms with van der Waals surface area (Å²) in [5, 5.41) is 19.2. The fourth-order valence-corrected chi connectivity index (χ4v) is 1.36. The molecule has 0 radical (unpaired) electrons. The van der Waals surface area contributed by atoms with Gasteiger partial charge < -0.3 is 15.9 Å². The Balaban J connectivity index is 3.69. The van der Waals surface area contributed by atoms with Crippen molar-refractivity contribution in [2.24, 2.45) is 17.6 Å². The second-order valence-corrected chi connectivity index (χ2v) is 4.68. The molecule has 0 aliphatic carbocycles. The molecule has 0 heterocycles. The third-order valence-corrected chi connectivity index (χ3v) is 2.53. The van der Waals surface area contributed by atoms with Crippen molar-refractivity contribution in [3.8, 4) is 0 Å². The van der Waals surface area contributed by atoms with Gasteiger partial charge in [0.25, 0.3) is 0 Å². The van der Waals surface area contributed by atoms with Gasteiger partial charge in [0.15, 0.2) is 0 Å². The van der Waals surface area contributed by atoms with Gasteiger partial charge in [-0.25, -0.2) is 0 Å². The van der Waals surface area contributed by atoms with Gasteiger partial charge >= 0.3 is 0 Å². The normalized spacial score (nSPS) is 18.2. The van der Waals surface area contributed by atoms with Crippen LogP contribution >= 0.6 is 0 Å². The van der Waals surface area contributed by atoms with Crippen molar-refractivity contribution in [1.29, 1.82) is 0 Å². The van der Waals surface area contributed by atoms with Gasteiger partial charge in [-0.15, -0.1) is 0 Å². The topological polar surface area (TPSA) is 66.5 Å². The van der Waals surface area contributed by atoms with Crippen molar-refractivity contribution < 1.29 is 10.2 Å². The second kappa shape index (κ2) is 7.21. The van der Waals surface area contributed by atoms with Gasteiger partial charge in [-0.2, -0.15) is 0 Å². The van der Waals surface area contributed by atoms with Gasteiger partial charge in [0, 0.05) is 0 Å². The fourth-order valence-electron chi connectivity index (χ4n) is 1.36. The molecule has 0 fully saturated rings. The van der Waals surface area contributed by atoms with Gasteiger partial charge in [-0.05, 0) is 37.6 Å². The van der Waals surface area contributed by atoms with E-state index >= 15 is 0 Å². The van der Waals surface area contributed by atoms with Crippen LogP contribution in [0, 0.1) is 11.8 Å². The molecule has 0 amide bonds. The van der Waals surface area contributed by atoms with Crippen molar-refractivity contribution >= 4 is 0 Å². The molecule has 3 unspecified atom stereocenters. The van der Waals surface area contributed by atoms with Gasteiger partial charge in [-0.1, -0.05) is 20.8 Å². The molecule has 0 saturated heterocycles. The van der Waals surface area contributed by atoms with Crippen LogP contribution in [0.3, 0.4) is 0 Å². The van der Waals surface area contributed by atoms with Crippen molar-refractivity contribution in [3.05, 3.63) is 0 Å². The molecule has 0 saturated carbocycles. The lowest BCUT2D eigenvalue weighted by molar-refractivity contribution is -0.000124. The number of aliphatic hydroxyl groups is 2. The van der Waals surface area contributed by atoms with Gasteiger partial charge in [0.2, 0.25) is 0 Å². The van der Waals surface area contributed by atoms with Crippen LogP contribution < -0.4 is 5.73 Å². The summed E-state index contributed by atoms with van der Waals surface area (Å²) in [6, 6.07) is 0. The van der Waals surface area contributed by atoms with E-state index < -0.39 is 12.2 Å². The van der Waals surface area contributed by atoms with E-state index in [0.717, 1.165) is 6.42 Å². The minimum Gasteiger partial charge on any atom is -0.390 e. The summed E-state index contributed by atoms with van der Waals surface area (Å²) in [6.45, 7) is 6.77. The first kappa shape index (κ1) is 13.9. The third kappa shape index (κ3) is 6.35. The molecule has 0 aromatic carbocycles. The summed E-state index contributed by atoms with van der Waals surface area (Å²) < 4.78 is 0. The quantitative estimate of drug-likeness (QED) is 0.581. The second-order valence-electron chi connectivity index (χ2n) is 4.68. The Labute approximate surface area is 87.3 Å². The number of nitrogens with two attached hydrogens (primary N) is 1. The number of rotatable bonds is 7. The van der Waals surface area contributed by atoms with E-state index in [9.17, 15) is 10.2 Å². The average molecular weight is 203 g/mol. The van der Waals surface area contributed by atoms with E-state index in [0.29, 0.717) is 25.3 Å². The molecule has 0 aliphatic rings. The Bertz CT molecular complexity index is 139. The van der Waals surface area contributed by atoms with Crippen molar-refractivity contribution in [2.45, 2.75) is 52.2 Å². The largest absolute Gasteiger partial charge is 0.390 e. The first-order valence-electron chi connectivity index (χ1n) is 5.53. The molecule has 86 valence electrons. The SMILES string of the molecule is CC(C)CCC(O)C(O)CC(C)CN. The third-order valence-electron chi connectivity index (χ3n) is 2.53. The zero-order valence-corrected chi connectivity index (χ0v) is 9.61. The predicted molar refractivity (Wildman–Crippen MR) is 58.9 cm³/mol. The number of hydrogen-bond donors (Lipinski definition) is 3. The van der Waals surface area contributed by atoms with E-state index in [4.69, 9.17) is 5.73 Å². The smallest absolute Gasteiger partial charge is 0.0802 e. The molecule has 3 heteroatoms. The van der Waals surface area contributed by atoms with Gasteiger partial charge in [0.05, 0.1) is 12.2 Å². The molecule has 3 atom stereocenters. The minimum absolute atomic E-state index is 0.277. The summed E-state index contributed by atoms with van der Waals surface area (Å²) in [4.78, 5) is 0. The number of hydrogen-bond acceptors (Lipinski definition) is 3. The molecule has 0 rings (SSSR count). The molecule has 0 aromatic rings. The van der Waals surface area contributed by atoms with Crippen LogP contribution in [0.5, 0.6) is 0 Å². The molecule has 0 spiro atoms. The molecule has 4 N–H and O–H groups in total. The summed E-state index contributed by atoms with van der Waals surface area (Å²) in [6.07, 6.45) is 1.01. The highest BCUT2D eigenvalue weighted by Crippen LogP contribution is 2.14. The van der Waals surface area contributed by atoms with E-state index in [1.54, 1.807) is 0 Å². The van der Waals surface area contributed by atoms with E-state index in [2.05, 4.69) is 13.8 Å². The summed E-state index contributed by atoms with van der Waals surface area (Å²) in [7, 11) is 0. The molecule has 14 heavy (non-hydrogen) atoms. The van der Waals surface area contributed by atoms with Gasteiger partial charge in [-0.3, -0.25) is 0 Å². The van der Waals surface area contributed by atoms with Crippen LogP contribution in [0.15, 0.2) is 0 Å². The van der Waals surface area contributed by atoms with E-state index in [1.165, 1.54) is 0 Å². The average Bonchev–Trinajstić information content (AvgIpc) is 2.13. The molecular weight excluding hydrogens is 178 g/mol. The first-order chi connectivity index (χ1) is 6.47. The first-order valence-corrected chi connectivity index (χ1v) is 5.53. The summed E-state index contributed by atoms with van der Waals surface area (Å²) >= 11 is 0. The standard InChI is InChI=1S/C11H25NO2/c1-8(2)4-5-10(13)11(14)6-9(3)7-12/h8-11,13-14H,4-7,12H2,1-3H3. The fraction of sp³-hybridized carbons (Fsp3) is 1.00. The highest BCUT2D eigenvalue weighted by Gasteiger charge is 2.18. The lowest BCUT2D eigenvalue weighted by atomic mass is 9.96. The Kier molecular flexibility index (Phi) is 7.15. The predicted octanol–water partition coefficient (Wildman–Crippen LogP) is 1.13. The zero-order chi connectivity index (χ0) is 11.1. The summed E-state index contributed by atoms with van der Waals surface area (Å²) in [5.41, 5.74) is 5.45. The number of aliphatic hydroxyl groups excluding tert-OH is 2. The molecule has 0 aliphatic heterocycles. The molecular formula is C11H25NO2. The van der Waals surface area contributed by atoms with Crippen LogP contribution in [0.1, 0.15) is 40.0 Å². The summed E-state index contributed by atoms with van der Waals surface area (Å²) in [5.74, 6) is 0.850. The van der Waals surface area contributed by atoms with Gasteiger partial charge in [0.1, 0.15) is 0 Å². The Morgan fingerprint density at radius 2 is 1.57 bits per heavy atom. The maximum atomic E-state index is 9.63. The highest BCUT2D eigenvalue weighted by molar-refractivity contribution is 4.70. The molecule has 0 bridgehead atoms. The van der Waals surface area contributed by atoms with Crippen molar-refractivity contribution in [2.75, 3.05) is 6.54 Å². The minimum atomic E-state index is -0.618. The lowest BCUT2D eigenvalue weighted by Crippen LogP contribution is -2.29. The molecule has 0 aromatic heterocycles. The van der Waals surface area contributed by atoms with E-state index in [1.807, 2.05) is 6.92 Å². The van der Waals surface area contributed by atoms with Crippen molar-refractivity contribution in [3.63, 3.8) is 0 Å². The molecule has 3 nitrogen and oxygen atoms in total. The maximum absolute atomic E-state index is 9.63. The van der Waals surface area contributed by atoms with Crippen LogP contribution in [0.2, 0.25) is 0 Å². The van der Waals surface area contributed by atoms with Crippen LogP contribution in [0.4, 0.5) is 0 Å². The monoisotopic (exact) mass is 203 g/mol. The zero-order valence-electron chi connectivity index (χ0n) is 9.61. The van der Waals surface area contributed by atoms with Crippen molar-refractivity contribution in [1.82, 2.24) is 0 Å². The Morgan fingerprint density at radius 1 is 1.00 bits per heavy atom.